The van der Waals surface area contributed by atoms with Gasteiger partial charge in [-0.25, -0.2) is 33.9 Å². The Balaban J connectivity index is 0.000000225. The number of esters is 2. The number of nitrogens with zero attached hydrogens (tertiary/aromatic N) is 12. The van der Waals surface area contributed by atoms with Crippen LogP contribution < -0.4 is 49.4 Å². The van der Waals surface area contributed by atoms with E-state index >= 15 is 0 Å². The van der Waals surface area contributed by atoms with Gasteiger partial charge in [0, 0.05) is 27.7 Å². The summed E-state index contributed by atoms with van der Waals surface area (Å²) in [7, 11) is 4.73. The quantitative estimate of drug-likeness (QED) is 0.0226. The number of hydrogen-bond acceptors (Lipinski definition) is 23. The van der Waals surface area contributed by atoms with Crippen LogP contribution in [-0.4, -0.2) is 143 Å². The fourth-order valence-corrected chi connectivity index (χ4v) is 13.3. The minimum Gasteiger partial charge on any atom is -0.870 e. The first-order valence-corrected chi connectivity index (χ1v) is 35.4. The molecule has 588 valence electrons. The number of ether oxygens (including phenoxy) is 7. The standard InChI is InChI=1S/C26H34F3N5O5.C23H28F3N5O5.C20H26F3N5O3.Li.H2O/c1-15(2)37-24(35)16-7-6-10-18(13-16)38-21-12-11-19(31-23(21)26(27,28)29)22-20(34(3)33-32-22)14-30-25(36)39-17-8-4-5-9-17;1-31-17(12-27-22(34)36-14-6-2-3-7-14)19(29-30-31)16-9-10-18(20(28-16)23(24,25)26)35-15-8-4-5-13(11-15)21(32)33;1-11(2)30-19(29)12-5-4-6-13(9-12)31-16-8-7-14(25-18(16)20(21,22)23)17-15(10-24)28(3)27-26-17;;/h11-12,15-18H,4-10,13-14H2,1-3H3,(H,30,36);9-10,13-15H,2-8,11-12H2,1H3,(H,27,34)(H,32,33);7-8,11-13H,4-6,9-10,24H2,1-3H3;;1H2/q;;;+1;/p-1/t16-,18-;13-,15-;12-,13-;;/m000../s1. The first kappa shape index (κ1) is 86.3. The van der Waals surface area contributed by atoms with Gasteiger partial charge in [-0.15, -0.1) is 15.3 Å². The van der Waals surface area contributed by atoms with Crippen molar-refractivity contribution in [3.05, 3.63) is 70.6 Å². The summed E-state index contributed by atoms with van der Waals surface area (Å²) < 4.78 is 168. The molecule has 0 saturated heterocycles. The number of carbonyl (C=O) groups excluding carboxylic acids is 4. The van der Waals surface area contributed by atoms with E-state index in [0.29, 0.717) is 81.3 Å². The molecule has 0 aromatic carbocycles. The number of rotatable bonds is 21. The maximum Gasteiger partial charge on any atom is 1.00 e. The zero-order valence-corrected chi connectivity index (χ0v) is 61.1. The molecule has 6 atom stereocenters. The maximum atomic E-state index is 14.1. The van der Waals surface area contributed by atoms with Crippen molar-refractivity contribution in [1.29, 1.82) is 0 Å². The van der Waals surface area contributed by atoms with E-state index in [1.807, 2.05) is 0 Å². The van der Waals surface area contributed by atoms with Gasteiger partial charge in [-0.1, -0.05) is 15.6 Å². The van der Waals surface area contributed by atoms with Gasteiger partial charge in [-0.3, -0.25) is 19.1 Å². The van der Waals surface area contributed by atoms with Gasteiger partial charge in [0.2, 0.25) is 0 Å². The number of nitrogens with one attached hydrogen (secondary N) is 2. The van der Waals surface area contributed by atoms with E-state index in [1.54, 1.807) is 48.8 Å². The number of aryl methyl sites for hydroxylation is 3. The number of carbonyl (C=O) groups is 5. The van der Waals surface area contributed by atoms with E-state index in [9.17, 15) is 68.6 Å². The third-order valence-corrected chi connectivity index (χ3v) is 18.6. The van der Waals surface area contributed by atoms with Gasteiger partial charge in [-0.05, 0) is 193 Å². The van der Waals surface area contributed by atoms with Crippen LogP contribution >= 0.6 is 0 Å². The molecule has 29 nitrogen and oxygen atoms in total. The minimum atomic E-state index is -4.82. The second-order valence-corrected chi connectivity index (χ2v) is 27.3. The van der Waals surface area contributed by atoms with Crippen molar-refractivity contribution < 1.29 is 126 Å². The number of pyridine rings is 3. The van der Waals surface area contributed by atoms with Crippen LogP contribution in [0, 0.1) is 17.8 Å². The van der Waals surface area contributed by atoms with Gasteiger partial charge in [0.15, 0.2) is 34.3 Å². The number of amides is 2. The largest absolute Gasteiger partial charge is 1.00 e. The van der Waals surface area contributed by atoms with Crippen molar-refractivity contribution in [3.63, 3.8) is 0 Å². The molecule has 6 N–H and O–H groups in total. The molecule has 11 rings (SSSR count). The van der Waals surface area contributed by atoms with Crippen LogP contribution in [0.3, 0.4) is 0 Å². The number of carboxylic acids is 1. The van der Waals surface area contributed by atoms with Crippen LogP contribution in [0.15, 0.2) is 36.4 Å². The summed E-state index contributed by atoms with van der Waals surface area (Å²) in [6.07, 6.45) is -5.12. The topological polar surface area (TPSA) is 381 Å². The molecule has 0 bridgehead atoms. The molecule has 6 heterocycles. The van der Waals surface area contributed by atoms with Gasteiger partial charge in [0.1, 0.15) is 29.3 Å². The molecule has 6 aromatic rings. The van der Waals surface area contributed by atoms with Crippen molar-refractivity contribution in [2.24, 2.45) is 44.6 Å². The zero-order chi connectivity index (χ0) is 76.8. The number of hydrogen-bond donors (Lipinski definition) is 4. The molecule has 0 unspecified atom stereocenters. The number of halogens is 9. The number of aliphatic carboxylic acids is 1. The Kier molecular flexibility index (Phi) is 30.7. The average Bonchev–Trinajstić information content (AvgIpc) is 1.45. The number of carboxylic acid groups (broad SMARTS) is 1. The molecule has 0 radical (unpaired) electrons. The second kappa shape index (κ2) is 38.5. The van der Waals surface area contributed by atoms with E-state index in [-0.39, 0.29) is 133 Å². The molecule has 39 heteroatoms. The molecule has 5 fully saturated rings. The third-order valence-electron chi connectivity index (χ3n) is 18.6. The van der Waals surface area contributed by atoms with Gasteiger partial charge in [0.05, 0.1) is 95.5 Å². The van der Waals surface area contributed by atoms with Gasteiger partial charge >= 0.3 is 67.5 Å². The molecule has 108 heavy (non-hydrogen) atoms. The Morgan fingerprint density at radius 2 is 0.769 bits per heavy atom. The predicted octanol–water partition coefficient (Wildman–Crippen LogP) is 9.11. The smallest absolute Gasteiger partial charge is 0.870 e. The molecule has 6 aromatic heterocycles. The van der Waals surface area contributed by atoms with E-state index in [0.717, 1.165) is 57.4 Å². The summed E-state index contributed by atoms with van der Waals surface area (Å²) in [6, 6.07) is 7.73. The second-order valence-electron chi connectivity index (χ2n) is 27.3. The number of alkyl carbamates (subject to hydrolysis) is 2. The van der Waals surface area contributed by atoms with Crippen molar-refractivity contribution in [2.45, 2.75) is 237 Å². The van der Waals surface area contributed by atoms with Crippen LogP contribution in [-0.2, 0) is 92.6 Å². The average molecular weight is 1530 g/mol. The third kappa shape index (κ3) is 23.6. The summed E-state index contributed by atoms with van der Waals surface area (Å²) in [4.78, 5) is 71.6. The minimum absolute atomic E-state index is 0. The van der Waals surface area contributed by atoms with Crippen LogP contribution in [0.1, 0.15) is 190 Å². The Bertz CT molecular complexity index is 4000. The number of nitrogens with two attached hydrogens (primary N) is 1. The zero-order valence-electron chi connectivity index (χ0n) is 61.1. The van der Waals surface area contributed by atoms with Crippen LogP contribution in [0.4, 0.5) is 49.1 Å². The van der Waals surface area contributed by atoms with Crippen molar-refractivity contribution >= 4 is 30.1 Å². The maximum absolute atomic E-state index is 14.1. The summed E-state index contributed by atoms with van der Waals surface area (Å²) in [5, 5.41) is 37.9. The monoisotopic (exact) mass is 1530 g/mol. The first-order valence-electron chi connectivity index (χ1n) is 35.4. The summed E-state index contributed by atoms with van der Waals surface area (Å²) >= 11 is 0. The molecule has 2 amide bonds. The van der Waals surface area contributed by atoms with E-state index in [4.69, 9.17) is 38.9 Å². The van der Waals surface area contributed by atoms with E-state index < -0.39 is 101 Å². The van der Waals surface area contributed by atoms with Crippen molar-refractivity contribution in [1.82, 2.24) is 70.6 Å². The van der Waals surface area contributed by atoms with Gasteiger partial charge in [-0.2, -0.15) is 39.5 Å². The molecular weight excluding hydrogens is 1440 g/mol. The fraction of sp³-hybridized carbons (Fsp3) is 0.623. The van der Waals surface area contributed by atoms with Crippen LogP contribution in [0.2, 0.25) is 0 Å². The molecule has 5 aliphatic carbocycles. The fourth-order valence-electron chi connectivity index (χ4n) is 13.3. The van der Waals surface area contributed by atoms with Crippen LogP contribution in [0.5, 0.6) is 17.2 Å². The van der Waals surface area contributed by atoms with E-state index in [2.05, 4.69) is 56.5 Å². The molecular formula is C69H89F9LiN15O14. The first-order chi connectivity index (χ1) is 50.2. The normalized spacial score (nSPS) is 19.8. The van der Waals surface area contributed by atoms with Crippen molar-refractivity contribution in [3.8, 4) is 51.4 Å². The summed E-state index contributed by atoms with van der Waals surface area (Å²) in [5.74, 6) is -4.43. The Morgan fingerprint density at radius 1 is 0.472 bits per heavy atom. The molecule has 5 aliphatic rings. The predicted molar refractivity (Wildman–Crippen MR) is 358 cm³/mol. The summed E-state index contributed by atoms with van der Waals surface area (Å²) in [5.41, 5.74) is 3.50. The summed E-state index contributed by atoms with van der Waals surface area (Å²) in [6.45, 7) is 6.94. The van der Waals surface area contributed by atoms with E-state index in [1.165, 1.54) is 44.4 Å². The molecule has 5 saturated carbocycles. The molecule has 0 spiro atoms. The van der Waals surface area contributed by atoms with Crippen LogP contribution in [0.25, 0.3) is 34.2 Å². The Hall–Kier alpha value is -8.89. The SMILES string of the molecule is CC(C)OC(=O)[C@H]1CCC[C@H](Oc2ccc(-c3nnn(C)c3CN)nc2C(F)(F)F)C1.CC(C)OC(=O)[C@H]1CCC[C@H](Oc2ccc(-c3nnn(C)c3CNC(=O)OC3CCCC3)nc2C(F)(F)F)C1.Cn1nnc(-c2ccc(O[C@H]3CCC[C@H](C(=O)O)C3)c(C(F)(F)F)n2)c1CNC(=O)OC1CCCC1.[Li+].[OH-]. The Labute approximate surface area is 627 Å². The number of aromatic nitrogens is 12. The van der Waals surface area contributed by atoms with Crippen molar-refractivity contribution in [2.75, 3.05) is 0 Å². The Morgan fingerprint density at radius 3 is 1.07 bits per heavy atom. The van der Waals surface area contributed by atoms with Gasteiger partial charge in [0.25, 0.3) is 0 Å². The number of alkyl halides is 9. The van der Waals surface area contributed by atoms with Gasteiger partial charge < -0.3 is 60.1 Å². The molecule has 0 aliphatic heterocycles.